The van der Waals surface area contributed by atoms with Crippen molar-refractivity contribution >= 4 is 28.8 Å². The second-order valence-corrected chi connectivity index (χ2v) is 10.6. The van der Waals surface area contributed by atoms with Crippen molar-refractivity contribution in [3.63, 3.8) is 0 Å². The molecule has 44 heavy (non-hydrogen) atoms. The molecule has 5 aromatic heterocycles. The minimum absolute atomic E-state index is 0.0369. The Morgan fingerprint density at radius 1 is 1.07 bits per heavy atom. The number of nitrogens with one attached hydrogen (secondary N) is 1. The molecule has 1 amide bonds. The average Bonchev–Trinajstić information content (AvgIpc) is 3.67. The number of hydrogen-bond donors (Lipinski definition) is 1. The molecule has 0 aromatic carbocycles. The highest BCUT2D eigenvalue weighted by Crippen LogP contribution is 2.33. The Bertz CT molecular complexity index is 1950. The van der Waals surface area contributed by atoms with Crippen molar-refractivity contribution < 1.29 is 13.6 Å². The third kappa shape index (κ3) is 5.55. The van der Waals surface area contributed by atoms with Crippen molar-refractivity contribution in [3.8, 4) is 11.3 Å². The molecule has 226 valence electrons. The third-order valence-electron chi connectivity index (χ3n) is 7.51. The summed E-state index contributed by atoms with van der Waals surface area (Å²) in [5.41, 5.74) is 0.640. The fraction of sp³-hybridized carbons (Fsp3) is 0.310. The van der Waals surface area contributed by atoms with Crippen molar-refractivity contribution in [2.75, 3.05) is 16.8 Å². The van der Waals surface area contributed by atoms with Crippen molar-refractivity contribution in [2.24, 2.45) is 7.05 Å². The molecule has 0 spiro atoms. The maximum absolute atomic E-state index is 14.0. The van der Waals surface area contributed by atoms with Gasteiger partial charge in [0.05, 0.1) is 30.3 Å². The topological polar surface area (TPSA) is 146 Å². The lowest BCUT2D eigenvalue weighted by atomic mass is 10.1. The first kappa shape index (κ1) is 28.8. The number of imidazole rings is 1. The summed E-state index contributed by atoms with van der Waals surface area (Å²) in [7, 11) is 1.50. The fourth-order valence-electron chi connectivity index (χ4n) is 5.37. The molecule has 1 N–H and O–H groups in total. The van der Waals surface area contributed by atoms with Crippen LogP contribution in [0.2, 0.25) is 0 Å². The molecule has 1 saturated heterocycles. The second kappa shape index (κ2) is 11.4. The molecule has 1 aliphatic heterocycles. The van der Waals surface area contributed by atoms with Crippen LogP contribution in [0.25, 0.3) is 22.4 Å². The largest absolute Gasteiger partial charge is 0.332 e. The number of alkyl halides is 2. The summed E-state index contributed by atoms with van der Waals surface area (Å²) >= 11 is 0. The highest BCUT2D eigenvalue weighted by molar-refractivity contribution is 5.90. The van der Waals surface area contributed by atoms with Crippen LogP contribution < -0.4 is 21.5 Å². The van der Waals surface area contributed by atoms with Crippen molar-refractivity contribution in [1.82, 2.24) is 38.6 Å². The Balaban J connectivity index is 1.20. The maximum atomic E-state index is 14.0. The number of rotatable bonds is 8. The van der Waals surface area contributed by atoms with Crippen LogP contribution in [0.5, 0.6) is 0 Å². The molecule has 15 heteroatoms. The van der Waals surface area contributed by atoms with E-state index in [9.17, 15) is 23.2 Å². The molecule has 13 nitrogen and oxygen atoms in total. The zero-order chi connectivity index (χ0) is 31.0. The van der Waals surface area contributed by atoms with Gasteiger partial charge in [0.1, 0.15) is 12.4 Å². The molecule has 0 bridgehead atoms. The van der Waals surface area contributed by atoms with Crippen LogP contribution >= 0.6 is 0 Å². The van der Waals surface area contributed by atoms with Gasteiger partial charge in [-0.3, -0.25) is 23.7 Å². The van der Waals surface area contributed by atoms with Crippen molar-refractivity contribution in [1.29, 1.82) is 0 Å². The van der Waals surface area contributed by atoms with Gasteiger partial charge in [-0.1, -0.05) is 12.1 Å². The number of pyridine rings is 2. The number of carbonyl (C=O) groups excluding carboxylic acids is 1. The van der Waals surface area contributed by atoms with Gasteiger partial charge >= 0.3 is 5.69 Å². The van der Waals surface area contributed by atoms with Crippen molar-refractivity contribution in [3.05, 3.63) is 87.8 Å². The number of aromatic nitrogens is 8. The summed E-state index contributed by atoms with van der Waals surface area (Å²) in [4.78, 5) is 62.3. The van der Waals surface area contributed by atoms with Gasteiger partial charge < -0.3 is 14.8 Å². The lowest BCUT2D eigenvalue weighted by Crippen LogP contribution is -2.42. The fourth-order valence-corrected chi connectivity index (χ4v) is 5.37. The number of anilines is 2. The van der Waals surface area contributed by atoms with Gasteiger partial charge in [0.25, 0.3) is 11.5 Å². The first-order valence-corrected chi connectivity index (χ1v) is 13.9. The number of aryl methyl sites for hydroxylation is 1. The van der Waals surface area contributed by atoms with Crippen LogP contribution in [0.4, 0.5) is 20.5 Å². The highest BCUT2D eigenvalue weighted by Gasteiger charge is 2.42. The molecule has 0 saturated carbocycles. The van der Waals surface area contributed by atoms with Crippen LogP contribution in [-0.2, 0) is 24.9 Å². The molecule has 6 heterocycles. The zero-order valence-corrected chi connectivity index (χ0v) is 23.9. The zero-order valence-electron chi connectivity index (χ0n) is 23.9. The van der Waals surface area contributed by atoms with E-state index < -0.39 is 29.1 Å². The summed E-state index contributed by atoms with van der Waals surface area (Å²) in [6.45, 7) is 1.06. The van der Waals surface area contributed by atoms with Crippen LogP contribution in [0.1, 0.15) is 25.5 Å². The number of amides is 1. The normalized spacial score (nSPS) is 15.2. The lowest BCUT2D eigenvalue weighted by molar-refractivity contribution is -0.116. The number of hydrogen-bond acceptors (Lipinski definition) is 9. The lowest BCUT2D eigenvalue weighted by Gasteiger charge is -2.29. The highest BCUT2D eigenvalue weighted by atomic mass is 19.3. The molecular formula is C29H28F2N10O3. The minimum atomic E-state index is -2.87. The van der Waals surface area contributed by atoms with E-state index >= 15 is 0 Å². The molecule has 0 aliphatic carbocycles. The average molecular weight is 603 g/mol. The smallest absolute Gasteiger partial charge is 0.332 e. The van der Waals surface area contributed by atoms with Gasteiger partial charge in [-0.2, -0.15) is 0 Å². The van der Waals surface area contributed by atoms with Gasteiger partial charge in [-0.25, -0.2) is 33.5 Å². The summed E-state index contributed by atoms with van der Waals surface area (Å²) in [6.07, 6.45) is 6.93. The number of nitrogens with zero attached hydrogens (tertiary/aromatic N) is 9. The first-order valence-electron chi connectivity index (χ1n) is 13.9. The van der Waals surface area contributed by atoms with E-state index in [0.717, 1.165) is 11.5 Å². The van der Waals surface area contributed by atoms with Gasteiger partial charge in [0.15, 0.2) is 11.2 Å². The number of fused-ring (bicyclic) bond motifs is 1. The summed E-state index contributed by atoms with van der Waals surface area (Å²) < 4.78 is 31.7. The van der Waals surface area contributed by atoms with E-state index in [2.05, 4.69) is 30.2 Å². The van der Waals surface area contributed by atoms with Gasteiger partial charge in [-0.15, -0.1) is 0 Å². The molecule has 1 atom stereocenters. The quantitative estimate of drug-likeness (QED) is 0.283. The van der Waals surface area contributed by atoms with Crippen molar-refractivity contribution in [2.45, 2.75) is 44.8 Å². The predicted octanol–water partition coefficient (Wildman–Crippen LogP) is 2.45. The summed E-state index contributed by atoms with van der Waals surface area (Å²) in [5.74, 6) is -2.88. The van der Waals surface area contributed by atoms with Crippen LogP contribution in [0.3, 0.4) is 0 Å². The Morgan fingerprint density at radius 3 is 2.59 bits per heavy atom. The Hall–Kier alpha value is -5.34. The Labute approximate surface area is 248 Å². The maximum Gasteiger partial charge on any atom is 0.332 e. The van der Waals surface area contributed by atoms with Gasteiger partial charge in [0.2, 0.25) is 11.9 Å². The molecule has 1 fully saturated rings. The van der Waals surface area contributed by atoms with Gasteiger partial charge in [-0.05, 0) is 37.1 Å². The van der Waals surface area contributed by atoms with Gasteiger partial charge in [0, 0.05) is 44.7 Å². The molecule has 6 rings (SSSR count). The Kier molecular flexibility index (Phi) is 7.45. The summed E-state index contributed by atoms with van der Waals surface area (Å²) in [6, 6.07) is 9.25. The van der Waals surface area contributed by atoms with E-state index in [4.69, 9.17) is 0 Å². The van der Waals surface area contributed by atoms with E-state index in [1.54, 1.807) is 42.6 Å². The minimum Gasteiger partial charge on any atom is -0.332 e. The van der Waals surface area contributed by atoms with Crippen LogP contribution in [-0.4, -0.2) is 63.0 Å². The molecule has 0 unspecified atom stereocenters. The second-order valence-electron chi connectivity index (χ2n) is 10.6. The SMILES string of the molecule is Cn1c(=O)n(Cc2ccccn2)c(=O)c2c1ncn2CC(=O)Nc1cccc(-c2cnc(N3CCC[C@H]3C(C)(F)F)nc2)n1. The van der Waals surface area contributed by atoms with E-state index in [-0.39, 0.29) is 36.0 Å². The molecule has 1 aliphatic rings. The van der Waals surface area contributed by atoms with E-state index in [1.807, 2.05) is 0 Å². The monoisotopic (exact) mass is 602 g/mol. The number of carbonyl (C=O) groups is 1. The van der Waals surface area contributed by atoms with Crippen LogP contribution in [0, 0.1) is 0 Å². The molecule has 5 aromatic rings. The third-order valence-corrected chi connectivity index (χ3v) is 7.51. The molecule has 0 radical (unpaired) electrons. The molecular weight excluding hydrogens is 574 g/mol. The first-order chi connectivity index (χ1) is 21.1. The van der Waals surface area contributed by atoms with E-state index in [0.29, 0.717) is 36.3 Å². The van der Waals surface area contributed by atoms with E-state index in [1.165, 1.54) is 39.8 Å². The summed E-state index contributed by atoms with van der Waals surface area (Å²) in [5, 5.41) is 2.72. The Morgan fingerprint density at radius 2 is 1.86 bits per heavy atom. The standard InChI is InChI=1S/C29H28F2N10O3/c1-29(30,31)21-9-6-12-40(21)27-33-13-18(14-34-27)20-8-5-10-22(36-20)37-23(42)16-39-17-35-25-24(39)26(43)41(28(44)38(25)2)15-19-7-3-4-11-32-19/h3-5,7-8,10-11,13-14,17,21H,6,9,12,15-16H2,1-2H3,(H,36,37,42)/t21-/m0/s1. The van der Waals surface area contributed by atoms with Crippen LogP contribution in [0.15, 0.2) is 70.9 Å². The predicted molar refractivity (Wildman–Crippen MR) is 157 cm³/mol. The number of halogens is 2.